The van der Waals surface area contributed by atoms with E-state index < -0.39 is 0 Å². The lowest BCUT2D eigenvalue weighted by Crippen LogP contribution is -2.40. The smallest absolute Gasteiger partial charge is 0.140 e. The largest absolute Gasteiger partial charge is 0.411 e. The molecule has 0 saturated carbocycles. The Kier molecular flexibility index (Phi) is 4.30. The molecule has 0 spiro atoms. The first-order valence-corrected chi connectivity index (χ1v) is 6.58. The Morgan fingerprint density at radius 1 is 1.50 bits per heavy atom. The van der Waals surface area contributed by atoms with Crippen LogP contribution >= 0.6 is 0 Å². The highest BCUT2D eigenvalue weighted by molar-refractivity contribution is 5.87. The molecule has 6 nitrogen and oxygen atoms in total. The van der Waals surface area contributed by atoms with Crippen molar-refractivity contribution in [2.45, 2.75) is 39.8 Å². The molecule has 0 amide bonds. The summed E-state index contributed by atoms with van der Waals surface area (Å²) in [4.78, 5) is 6.66. The molecule has 2 heterocycles. The molecule has 1 aromatic heterocycles. The van der Waals surface area contributed by atoms with Crippen LogP contribution in [-0.4, -0.2) is 43.7 Å². The molecule has 18 heavy (non-hydrogen) atoms. The average Bonchev–Trinajstić information content (AvgIpc) is 2.85. The topological polar surface area (TPSA) is 66.5 Å². The Labute approximate surface area is 107 Å². The summed E-state index contributed by atoms with van der Waals surface area (Å²) in [5.41, 5.74) is 0.936. The summed E-state index contributed by atoms with van der Waals surface area (Å²) >= 11 is 0. The van der Waals surface area contributed by atoms with Crippen LogP contribution in [0.15, 0.2) is 11.5 Å². The molecule has 0 aliphatic carbocycles. The van der Waals surface area contributed by atoms with Crippen molar-refractivity contribution in [1.29, 1.82) is 0 Å². The normalized spacial score (nSPS) is 23.7. The van der Waals surface area contributed by atoms with Crippen molar-refractivity contribution in [2.24, 2.45) is 11.1 Å². The molecule has 0 aromatic carbocycles. The number of nitrogens with zero attached hydrogens (tertiary/aromatic N) is 5. The van der Waals surface area contributed by atoms with E-state index in [-0.39, 0.29) is 0 Å². The molecule has 1 fully saturated rings. The summed E-state index contributed by atoms with van der Waals surface area (Å²) in [5.74, 6) is 1.37. The van der Waals surface area contributed by atoms with Gasteiger partial charge >= 0.3 is 0 Å². The van der Waals surface area contributed by atoms with E-state index in [9.17, 15) is 0 Å². The lowest BCUT2D eigenvalue weighted by molar-refractivity contribution is 0.212. The molecule has 0 bridgehead atoms. The first-order valence-electron chi connectivity index (χ1n) is 6.58. The van der Waals surface area contributed by atoms with E-state index in [0.717, 1.165) is 50.6 Å². The highest BCUT2D eigenvalue weighted by atomic mass is 16.4. The molecule has 1 aromatic rings. The van der Waals surface area contributed by atoms with Gasteiger partial charge in [-0.2, -0.15) is 5.10 Å². The number of piperidine rings is 1. The third-order valence-corrected chi connectivity index (χ3v) is 3.62. The lowest BCUT2D eigenvalue weighted by atomic mass is 9.93. The first-order chi connectivity index (χ1) is 8.78. The minimum atomic E-state index is 0.363. The summed E-state index contributed by atoms with van der Waals surface area (Å²) in [5, 5.41) is 16.6. The van der Waals surface area contributed by atoms with Gasteiger partial charge < -0.3 is 5.21 Å². The van der Waals surface area contributed by atoms with Gasteiger partial charge in [0.1, 0.15) is 12.2 Å². The Morgan fingerprint density at radius 3 is 3.00 bits per heavy atom. The Hall–Kier alpha value is -1.43. The van der Waals surface area contributed by atoms with E-state index >= 15 is 0 Å². The second-order valence-corrected chi connectivity index (χ2v) is 4.67. The minimum absolute atomic E-state index is 0.363. The maximum absolute atomic E-state index is 8.96. The van der Waals surface area contributed by atoms with Crippen molar-refractivity contribution >= 4 is 5.71 Å². The summed E-state index contributed by atoms with van der Waals surface area (Å²) in [6.45, 7) is 7.74. The highest BCUT2D eigenvalue weighted by Crippen LogP contribution is 2.18. The van der Waals surface area contributed by atoms with Gasteiger partial charge in [0.05, 0.1) is 12.3 Å². The van der Waals surface area contributed by atoms with Crippen molar-refractivity contribution in [1.82, 2.24) is 19.7 Å². The van der Waals surface area contributed by atoms with Gasteiger partial charge in [-0.05, 0) is 13.3 Å². The van der Waals surface area contributed by atoms with Gasteiger partial charge in [-0.25, -0.2) is 9.67 Å². The second-order valence-electron chi connectivity index (χ2n) is 4.67. The summed E-state index contributed by atoms with van der Waals surface area (Å²) < 4.78 is 1.93. The average molecular weight is 251 g/mol. The molecule has 100 valence electrons. The summed E-state index contributed by atoms with van der Waals surface area (Å²) in [7, 11) is 0. The zero-order valence-electron chi connectivity index (χ0n) is 11.1. The SMILES string of the molecule is CCC1CN(Cc2ncnn2CC)CCC1=NO. The zero-order valence-corrected chi connectivity index (χ0v) is 11.1. The lowest BCUT2D eigenvalue weighted by Gasteiger charge is -2.32. The third kappa shape index (κ3) is 2.69. The molecule has 1 N–H and O–H groups in total. The Balaban J connectivity index is 1.99. The van der Waals surface area contributed by atoms with E-state index in [4.69, 9.17) is 5.21 Å². The van der Waals surface area contributed by atoms with Gasteiger partial charge in [0.15, 0.2) is 0 Å². The molecule has 1 atom stereocenters. The van der Waals surface area contributed by atoms with Crippen molar-refractivity contribution in [3.05, 3.63) is 12.2 Å². The minimum Gasteiger partial charge on any atom is -0.411 e. The fraction of sp³-hybridized carbons (Fsp3) is 0.750. The van der Waals surface area contributed by atoms with Crippen LogP contribution in [0.4, 0.5) is 0 Å². The van der Waals surface area contributed by atoms with Gasteiger partial charge in [0, 0.05) is 32.0 Å². The van der Waals surface area contributed by atoms with E-state index in [0.29, 0.717) is 5.92 Å². The quantitative estimate of drug-likeness (QED) is 0.648. The standard InChI is InChI=1S/C12H21N5O/c1-3-10-7-16(6-5-11(10)15-18)8-12-13-9-14-17(12)4-2/h9-10,18H,3-8H2,1-2H3. The monoisotopic (exact) mass is 251 g/mol. The van der Waals surface area contributed by atoms with Crippen molar-refractivity contribution in [2.75, 3.05) is 13.1 Å². The summed E-state index contributed by atoms with van der Waals surface area (Å²) in [6, 6.07) is 0. The van der Waals surface area contributed by atoms with Crippen molar-refractivity contribution < 1.29 is 5.21 Å². The van der Waals surface area contributed by atoms with E-state index in [2.05, 4.69) is 34.0 Å². The molecule has 1 aliphatic heterocycles. The van der Waals surface area contributed by atoms with E-state index in [1.54, 1.807) is 6.33 Å². The van der Waals surface area contributed by atoms with Crippen LogP contribution < -0.4 is 0 Å². The highest BCUT2D eigenvalue weighted by Gasteiger charge is 2.25. The van der Waals surface area contributed by atoms with E-state index in [1.807, 2.05) is 4.68 Å². The number of hydrogen-bond acceptors (Lipinski definition) is 5. The molecule has 1 aliphatic rings. The maximum atomic E-state index is 8.96. The fourth-order valence-electron chi connectivity index (χ4n) is 2.50. The predicted molar refractivity (Wildman–Crippen MR) is 68.6 cm³/mol. The Bertz CT molecular complexity index is 414. The molecule has 6 heteroatoms. The van der Waals surface area contributed by atoms with Gasteiger partial charge in [0.25, 0.3) is 0 Å². The van der Waals surface area contributed by atoms with Crippen LogP contribution in [0.1, 0.15) is 32.5 Å². The van der Waals surface area contributed by atoms with Crippen LogP contribution in [-0.2, 0) is 13.1 Å². The number of oxime groups is 1. The van der Waals surface area contributed by atoms with Crippen LogP contribution in [0.25, 0.3) is 0 Å². The molecule has 1 unspecified atom stereocenters. The first kappa shape index (κ1) is 13.0. The summed E-state index contributed by atoms with van der Waals surface area (Å²) in [6.07, 6.45) is 3.46. The Morgan fingerprint density at radius 2 is 2.33 bits per heavy atom. The fourth-order valence-corrected chi connectivity index (χ4v) is 2.50. The van der Waals surface area contributed by atoms with Crippen LogP contribution in [0.3, 0.4) is 0 Å². The van der Waals surface area contributed by atoms with Gasteiger partial charge in [0.2, 0.25) is 0 Å². The molecule has 1 saturated heterocycles. The molecular formula is C12H21N5O. The van der Waals surface area contributed by atoms with Gasteiger partial charge in [-0.15, -0.1) is 0 Å². The predicted octanol–water partition coefficient (Wildman–Crippen LogP) is 1.36. The van der Waals surface area contributed by atoms with Crippen LogP contribution in [0.2, 0.25) is 0 Å². The van der Waals surface area contributed by atoms with Crippen LogP contribution in [0, 0.1) is 5.92 Å². The molecular weight excluding hydrogens is 230 g/mol. The number of aryl methyl sites for hydroxylation is 1. The van der Waals surface area contributed by atoms with E-state index in [1.165, 1.54) is 0 Å². The number of rotatable bonds is 4. The number of likely N-dealkylation sites (tertiary alicyclic amines) is 1. The number of hydrogen-bond donors (Lipinski definition) is 1. The molecule has 0 radical (unpaired) electrons. The second kappa shape index (κ2) is 5.95. The third-order valence-electron chi connectivity index (χ3n) is 3.62. The number of aromatic nitrogens is 3. The van der Waals surface area contributed by atoms with Crippen molar-refractivity contribution in [3.63, 3.8) is 0 Å². The van der Waals surface area contributed by atoms with Crippen LogP contribution in [0.5, 0.6) is 0 Å². The maximum Gasteiger partial charge on any atom is 0.140 e. The van der Waals surface area contributed by atoms with Gasteiger partial charge in [-0.1, -0.05) is 12.1 Å². The van der Waals surface area contributed by atoms with Gasteiger partial charge in [-0.3, -0.25) is 4.90 Å². The zero-order chi connectivity index (χ0) is 13.0. The van der Waals surface area contributed by atoms with Crippen molar-refractivity contribution in [3.8, 4) is 0 Å². The molecule has 2 rings (SSSR count).